The van der Waals surface area contributed by atoms with Crippen molar-refractivity contribution < 1.29 is 9.90 Å². The van der Waals surface area contributed by atoms with Gasteiger partial charge in [-0.2, -0.15) is 0 Å². The van der Waals surface area contributed by atoms with Crippen molar-refractivity contribution in [1.82, 2.24) is 14.7 Å². The van der Waals surface area contributed by atoms with Crippen LogP contribution in [0.3, 0.4) is 0 Å². The van der Waals surface area contributed by atoms with E-state index in [4.69, 9.17) is 11.6 Å². The Kier molecular flexibility index (Phi) is 3.16. The lowest BCUT2D eigenvalue weighted by Crippen LogP contribution is -2.35. The van der Waals surface area contributed by atoms with E-state index in [0.29, 0.717) is 29.0 Å². The zero-order valence-corrected chi connectivity index (χ0v) is 11.0. The summed E-state index contributed by atoms with van der Waals surface area (Å²) in [6.45, 7) is 0.570. The molecule has 0 spiro atoms. The van der Waals surface area contributed by atoms with Crippen LogP contribution in [0.5, 0.6) is 0 Å². The first kappa shape index (κ1) is 12.4. The first-order valence-corrected chi connectivity index (χ1v) is 6.66. The van der Waals surface area contributed by atoms with Gasteiger partial charge in [-0.15, -0.1) is 0 Å². The van der Waals surface area contributed by atoms with Gasteiger partial charge in [0.15, 0.2) is 5.69 Å². The molecule has 0 atom stereocenters. The molecule has 2 aromatic heterocycles. The molecule has 100 valence electrons. The normalized spacial score (nSPS) is 15.6. The molecule has 0 aliphatic heterocycles. The fourth-order valence-electron chi connectivity index (χ4n) is 2.25. The van der Waals surface area contributed by atoms with Crippen LogP contribution in [-0.4, -0.2) is 26.5 Å². The fraction of sp³-hybridized carbons (Fsp3) is 0.385. The largest absolute Gasteiger partial charge is 0.476 e. The van der Waals surface area contributed by atoms with Crippen molar-refractivity contribution in [2.75, 3.05) is 0 Å². The summed E-state index contributed by atoms with van der Waals surface area (Å²) in [5, 5.41) is 13.1. The highest BCUT2D eigenvalue weighted by Gasteiger charge is 2.20. The van der Waals surface area contributed by atoms with Crippen LogP contribution in [0.4, 0.5) is 0 Å². The minimum absolute atomic E-state index is 0.0490. The van der Waals surface area contributed by atoms with Crippen LogP contribution >= 0.6 is 11.6 Å². The lowest BCUT2D eigenvalue weighted by Gasteiger charge is -2.26. The lowest BCUT2D eigenvalue weighted by molar-refractivity contribution is 0.0693. The Labute approximate surface area is 115 Å². The van der Waals surface area contributed by atoms with Crippen molar-refractivity contribution in [2.24, 2.45) is 0 Å². The molecule has 1 saturated carbocycles. The Morgan fingerprint density at radius 1 is 1.58 bits per heavy atom. The van der Waals surface area contributed by atoms with Gasteiger partial charge in [-0.1, -0.05) is 18.0 Å². The third kappa shape index (κ3) is 2.31. The van der Waals surface area contributed by atoms with E-state index in [1.807, 2.05) is 0 Å². The van der Waals surface area contributed by atoms with Crippen LogP contribution in [0.2, 0.25) is 5.02 Å². The maximum absolute atomic E-state index is 11.2. The van der Waals surface area contributed by atoms with E-state index < -0.39 is 5.97 Å². The van der Waals surface area contributed by atoms with Crippen LogP contribution in [-0.2, 0) is 6.54 Å². The molecule has 3 rings (SSSR count). The average Bonchev–Trinajstić information content (AvgIpc) is 2.65. The van der Waals surface area contributed by atoms with Gasteiger partial charge in [0, 0.05) is 17.3 Å². The van der Waals surface area contributed by atoms with Gasteiger partial charge < -0.3 is 14.8 Å². The predicted octanol–water partition coefficient (Wildman–Crippen LogP) is 2.33. The molecule has 6 heteroatoms. The van der Waals surface area contributed by atoms with E-state index in [0.717, 1.165) is 0 Å². The van der Waals surface area contributed by atoms with Crippen molar-refractivity contribution in [1.29, 1.82) is 0 Å². The number of hydrogen-bond acceptors (Lipinski definition) is 3. The predicted molar refractivity (Wildman–Crippen MR) is 71.6 cm³/mol. The summed E-state index contributed by atoms with van der Waals surface area (Å²) in [4.78, 5) is 15.4. The van der Waals surface area contributed by atoms with Crippen LogP contribution in [0.15, 0.2) is 18.3 Å². The van der Waals surface area contributed by atoms with E-state index in [1.165, 1.54) is 19.3 Å². The highest BCUT2D eigenvalue weighted by molar-refractivity contribution is 6.31. The Balaban J connectivity index is 1.96. The number of halogens is 1. The molecule has 5 nitrogen and oxygen atoms in total. The first-order chi connectivity index (χ1) is 9.15. The standard InChI is InChI=1S/C13H14ClN3O2/c14-8-4-5-17-10(6-8)12(13(18)19)16-11(17)7-15-9-2-1-3-9/h4-6,9,15H,1-3,7H2,(H,18,19). The molecule has 2 heterocycles. The Morgan fingerprint density at radius 2 is 2.37 bits per heavy atom. The Bertz CT molecular complexity index is 634. The molecule has 1 aliphatic rings. The second-order valence-electron chi connectivity index (χ2n) is 4.79. The molecule has 0 aromatic carbocycles. The monoisotopic (exact) mass is 279 g/mol. The van der Waals surface area contributed by atoms with E-state index in [2.05, 4.69) is 10.3 Å². The first-order valence-electron chi connectivity index (χ1n) is 6.28. The van der Waals surface area contributed by atoms with Crippen molar-refractivity contribution in [3.8, 4) is 0 Å². The second kappa shape index (κ2) is 4.83. The summed E-state index contributed by atoms with van der Waals surface area (Å²) >= 11 is 5.91. The van der Waals surface area contributed by atoms with Crippen LogP contribution in [0.1, 0.15) is 35.6 Å². The number of pyridine rings is 1. The van der Waals surface area contributed by atoms with Crippen LogP contribution in [0, 0.1) is 0 Å². The number of imidazole rings is 1. The number of carboxylic acid groups (broad SMARTS) is 1. The molecule has 2 N–H and O–H groups in total. The number of carboxylic acids is 1. The fourth-order valence-corrected chi connectivity index (χ4v) is 2.41. The van der Waals surface area contributed by atoms with Gasteiger partial charge in [0.25, 0.3) is 0 Å². The van der Waals surface area contributed by atoms with E-state index >= 15 is 0 Å². The van der Waals surface area contributed by atoms with Gasteiger partial charge in [-0.05, 0) is 25.0 Å². The number of fused-ring (bicyclic) bond motifs is 1. The highest BCUT2D eigenvalue weighted by Crippen LogP contribution is 2.21. The van der Waals surface area contributed by atoms with Crippen molar-refractivity contribution in [3.63, 3.8) is 0 Å². The maximum Gasteiger partial charge on any atom is 0.356 e. The molecular weight excluding hydrogens is 266 g/mol. The zero-order chi connectivity index (χ0) is 13.4. The summed E-state index contributed by atoms with van der Waals surface area (Å²) in [5.74, 6) is -0.328. The summed E-state index contributed by atoms with van der Waals surface area (Å²) < 4.78 is 1.78. The highest BCUT2D eigenvalue weighted by atomic mass is 35.5. The molecule has 0 unspecified atom stereocenters. The zero-order valence-electron chi connectivity index (χ0n) is 10.3. The molecule has 2 aromatic rings. The minimum atomic E-state index is -1.03. The average molecular weight is 280 g/mol. The summed E-state index contributed by atoms with van der Waals surface area (Å²) in [6.07, 6.45) is 5.38. The molecule has 0 saturated heterocycles. The molecule has 19 heavy (non-hydrogen) atoms. The van der Waals surface area contributed by atoms with E-state index in [1.54, 1.807) is 22.7 Å². The van der Waals surface area contributed by atoms with Gasteiger partial charge in [0.05, 0.1) is 12.1 Å². The number of aromatic nitrogens is 2. The number of nitrogens with one attached hydrogen (secondary N) is 1. The number of rotatable bonds is 4. The van der Waals surface area contributed by atoms with Gasteiger partial charge >= 0.3 is 5.97 Å². The molecular formula is C13H14ClN3O2. The van der Waals surface area contributed by atoms with Crippen LogP contribution < -0.4 is 5.32 Å². The molecule has 0 radical (unpaired) electrons. The number of nitrogens with zero attached hydrogens (tertiary/aromatic N) is 2. The molecule has 1 fully saturated rings. The van der Waals surface area contributed by atoms with Crippen molar-refractivity contribution >= 4 is 23.1 Å². The third-order valence-electron chi connectivity index (χ3n) is 3.54. The molecule has 1 aliphatic carbocycles. The minimum Gasteiger partial charge on any atom is -0.476 e. The maximum atomic E-state index is 11.2. The summed E-state index contributed by atoms with van der Waals surface area (Å²) in [5.41, 5.74) is 0.582. The summed E-state index contributed by atoms with van der Waals surface area (Å²) in [6, 6.07) is 3.90. The van der Waals surface area contributed by atoms with E-state index in [9.17, 15) is 9.90 Å². The van der Waals surface area contributed by atoms with Gasteiger partial charge in [0.2, 0.25) is 0 Å². The number of carbonyl (C=O) groups is 1. The molecule has 0 amide bonds. The SMILES string of the molecule is O=C(O)c1nc(CNC2CCC2)n2ccc(Cl)cc12. The second-order valence-corrected chi connectivity index (χ2v) is 5.23. The number of hydrogen-bond donors (Lipinski definition) is 2. The molecule has 0 bridgehead atoms. The summed E-state index contributed by atoms with van der Waals surface area (Å²) in [7, 11) is 0. The third-order valence-corrected chi connectivity index (χ3v) is 3.77. The Hall–Kier alpha value is -1.59. The Morgan fingerprint density at radius 3 is 3.00 bits per heavy atom. The van der Waals surface area contributed by atoms with E-state index in [-0.39, 0.29) is 5.69 Å². The van der Waals surface area contributed by atoms with Gasteiger partial charge in [-0.3, -0.25) is 0 Å². The van der Waals surface area contributed by atoms with Crippen LogP contribution in [0.25, 0.3) is 5.52 Å². The smallest absolute Gasteiger partial charge is 0.356 e. The van der Waals surface area contributed by atoms with Crippen molar-refractivity contribution in [2.45, 2.75) is 31.8 Å². The van der Waals surface area contributed by atoms with Crippen molar-refractivity contribution in [3.05, 3.63) is 34.9 Å². The van der Waals surface area contributed by atoms with Gasteiger partial charge in [-0.25, -0.2) is 9.78 Å². The van der Waals surface area contributed by atoms with Gasteiger partial charge in [0.1, 0.15) is 5.82 Å². The number of aromatic carboxylic acids is 1. The topological polar surface area (TPSA) is 66.6 Å². The lowest BCUT2D eigenvalue weighted by atomic mass is 9.93. The quantitative estimate of drug-likeness (QED) is 0.901.